The number of benzene rings is 1. The highest BCUT2D eigenvalue weighted by atomic mass is 32.2. The molecule has 5 heteroatoms. The van der Waals surface area contributed by atoms with Gasteiger partial charge in [-0.05, 0) is 24.8 Å². The summed E-state index contributed by atoms with van der Waals surface area (Å²) in [7, 11) is 0. The fourth-order valence-electron chi connectivity index (χ4n) is 2.45. The number of hydrogen-bond acceptors (Lipinski definition) is 4. The van der Waals surface area contributed by atoms with E-state index in [1.165, 1.54) is 5.56 Å². The van der Waals surface area contributed by atoms with Crippen LogP contribution in [-0.4, -0.2) is 20.6 Å². The highest BCUT2D eigenvalue weighted by molar-refractivity contribution is 8.00. The lowest BCUT2D eigenvalue weighted by Gasteiger charge is -2.13. The topological polar surface area (TPSA) is 34.9 Å². The van der Waals surface area contributed by atoms with Gasteiger partial charge in [0.2, 0.25) is 0 Å². The molecule has 3 nitrogen and oxygen atoms in total. The van der Waals surface area contributed by atoms with E-state index >= 15 is 0 Å². The smallest absolute Gasteiger partial charge is 0.268 e. The summed E-state index contributed by atoms with van der Waals surface area (Å²) in [5, 5.41) is 1.24. The van der Waals surface area contributed by atoms with Crippen LogP contribution < -0.4 is 5.56 Å². The van der Waals surface area contributed by atoms with Crippen LogP contribution in [0.1, 0.15) is 25.1 Å². The summed E-state index contributed by atoms with van der Waals surface area (Å²) in [5.41, 5.74) is 3.14. The summed E-state index contributed by atoms with van der Waals surface area (Å²) in [6.45, 7) is 6.28. The normalized spacial score (nSPS) is 17.0. The summed E-state index contributed by atoms with van der Waals surface area (Å²) >= 11 is 3.28. The Balaban J connectivity index is 2.21. The third kappa shape index (κ3) is 2.77. The molecule has 0 fully saturated rings. The van der Waals surface area contributed by atoms with E-state index in [1.54, 1.807) is 28.1 Å². The molecule has 0 saturated heterocycles. The Morgan fingerprint density at radius 1 is 1.38 bits per heavy atom. The molecule has 0 amide bonds. The zero-order valence-corrected chi connectivity index (χ0v) is 14.1. The second-order valence-corrected chi connectivity index (χ2v) is 7.89. The van der Waals surface area contributed by atoms with Gasteiger partial charge in [-0.1, -0.05) is 43.3 Å². The van der Waals surface area contributed by atoms with Crippen molar-refractivity contribution in [2.24, 2.45) is 0 Å². The van der Waals surface area contributed by atoms with E-state index in [-0.39, 0.29) is 5.56 Å². The van der Waals surface area contributed by atoms with E-state index in [0.717, 1.165) is 33.6 Å². The molecule has 2 heterocycles. The van der Waals surface area contributed by atoms with Gasteiger partial charge in [0.05, 0.1) is 16.3 Å². The fraction of sp³-hybridized carbons (Fsp3) is 0.375. The Labute approximate surface area is 133 Å². The van der Waals surface area contributed by atoms with Gasteiger partial charge in [0.15, 0.2) is 5.16 Å². The summed E-state index contributed by atoms with van der Waals surface area (Å²) < 4.78 is 1.76. The molecule has 0 N–H and O–H groups in total. The third-order valence-corrected chi connectivity index (χ3v) is 5.48. The van der Waals surface area contributed by atoms with Gasteiger partial charge in [-0.3, -0.25) is 9.36 Å². The number of nitrogens with zero attached hydrogens (tertiary/aromatic N) is 2. The van der Waals surface area contributed by atoms with E-state index in [0.29, 0.717) is 5.25 Å². The van der Waals surface area contributed by atoms with Crippen molar-refractivity contribution in [3.05, 3.63) is 45.9 Å². The Hall–Kier alpha value is -1.20. The fourth-order valence-corrected chi connectivity index (χ4v) is 4.30. The highest BCUT2D eigenvalue weighted by Gasteiger charge is 2.26. The van der Waals surface area contributed by atoms with Crippen LogP contribution in [0.15, 0.2) is 39.1 Å². The zero-order chi connectivity index (χ0) is 15.0. The summed E-state index contributed by atoms with van der Waals surface area (Å²) in [6.07, 6.45) is 0.890. The molecule has 3 rings (SSSR count). The maximum atomic E-state index is 12.9. The molecule has 1 aliphatic heterocycles. The monoisotopic (exact) mass is 318 g/mol. The molecule has 0 saturated carbocycles. The average molecular weight is 318 g/mol. The number of aromatic nitrogens is 2. The van der Waals surface area contributed by atoms with Crippen LogP contribution in [0.3, 0.4) is 0 Å². The third-order valence-electron chi connectivity index (χ3n) is 3.45. The predicted octanol–water partition coefficient (Wildman–Crippen LogP) is 3.69. The number of rotatable bonds is 3. The zero-order valence-electron chi connectivity index (χ0n) is 12.4. The SMILES string of the molecule is CCSc1nc2c(c(=O)n1-c1ccc(C)cc1)S[C@@H](C)C2. The van der Waals surface area contributed by atoms with Crippen molar-refractivity contribution >= 4 is 23.5 Å². The van der Waals surface area contributed by atoms with Crippen molar-refractivity contribution in [2.75, 3.05) is 5.75 Å². The molecular formula is C16H18N2OS2. The maximum absolute atomic E-state index is 12.9. The van der Waals surface area contributed by atoms with Crippen LogP contribution in [0.4, 0.5) is 0 Å². The molecule has 1 aromatic heterocycles. The number of hydrogen-bond donors (Lipinski definition) is 0. The molecule has 2 aromatic rings. The van der Waals surface area contributed by atoms with E-state index in [4.69, 9.17) is 4.98 Å². The lowest BCUT2D eigenvalue weighted by Crippen LogP contribution is -2.23. The van der Waals surface area contributed by atoms with Crippen LogP contribution >= 0.6 is 23.5 Å². The largest absolute Gasteiger partial charge is 0.272 e. The first kappa shape index (κ1) is 14.7. The highest BCUT2D eigenvalue weighted by Crippen LogP contribution is 2.34. The first-order chi connectivity index (χ1) is 10.1. The Morgan fingerprint density at radius 3 is 2.76 bits per heavy atom. The van der Waals surface area contributed by atoms with Gasteiger partial charge >= 0.3 is 0 Å². The van der Waals surface area contributed by atoms with Crippen molar-refractivity contribution in [1.29, 1.82) is 0 Å². The van der Waals surface area contributed by atoms with Crippen molar-refractivity contribution in [1.82, 2.24) is 9.55 Å². The second kappa shape index (κ2) is 5.89. The molecule has 1 aliphatic rings. The van der Waals surface area contributed by atoms with Crippen LogP contribution in [0, 0.1) is 6.92 Å². The van der Waals surface area contributed by atoms with Crippen molar-refractivity contribution in [3.63, 3.8) is 0 Å². The second-order valence-electron chi connectivity index (χ2n) is 5.21. The molecule has 1 aromatic carbocycles. The standard InChI is InChI=1S/C16H18N2OS2/c1-4-20-16-17-13-9-11(3)21-14(13)15(19)18(16)12-7-5-10(2)6-8-12/h5-8,11H,4,9H2,1-3H3/t11-/m0/s1. The quantitative estimate of drug-likeness (QED) is 0.638. The molecule has 0 unspecified atom stereocenters. The van der Waals surface area contributed by atoms with Gasteiger partial charge in [0.1, 0.15) is 0 Å². The van der Waals surface area contributed by atoms with E-state index in [2.05, 4.69) is 13.8 Å². The van der Waals surface area contributed by atoms with Gasteiger partial charge in [-0.2, -0.15) is 0 Å². The molecule has 21 heavy (non-hydrogen) atoms. The minimum atomic E-state index is 0.0779. The first-order valence-corrected chi connectivity index (χ1v) is 8.99. The minimum absolute atomic E-state index is 0.0779. The number of thioether (sulfide) groups is 2. The van der Waals surface area contributed by atoms with Gasteiger partial charge in [-0.25, -0.2) is 4.98 Å². The maximum Gasteiger partial charge on any atom is 0.272 e. The lowest BCUT2D eigenvalue weighted by atomic mass is 10.2. The molecule has 0 radical (unpaired) electrons. The van der Waals surface area contributed by atoms with Crippen LogP contribution in [-0.2, 0) is 6.42 Å². The molecule has 1 atom stereocenters. The lowest BCUT2D eigenvalue weighted by molar-refractivity contribution is 0.731. The predicted molar refractivity (Wildman–Crippen MR) is 90.0 cm³/mol. The molecular weight excluding hydrogens is 300 g/mol. The Kier molecular flexibility index (Phi) is 4.13. The summed E-state index contributed by atoms with van der Waals surface area (Å²) in [6, 6.07) is 8.05. The van der Waals surface area contributed by atoms with Gasteiger partial charge in [0.25, 0.3) is 5.56 Å². The van der Waals surface area contributed by atoms with Gasteiger partial charge in [0, 0.05) is 11.7 Å². The molecule has 0 bridgehead atoms. The van der Waals surface area contributed by atoms with Crippen LogP contribution in [0.2, 0.25) is 0 Å². The van der Waals surface area contributed by atoms with Crippen LogP contribution in [0.25, 0.3) is 5.69 Å². The molecule has 0 aliphatic carbocycles. The van der Waals surface area contributed by atoms with E-state index in [1.807, 2.05) is 31.2 Å². The first-order valence-electron chi connectivity index (χ1n) is 7.12. The number of aryl methyl sites for hydroxylation is 1. The average Bonchev–Trinajstić information content (AvgIpc) is 2.82. The van der Waals surface area contributed by atoms with Crippen molar-refractivity contribution in [2.45, 2.75) is 42.5 Å². The summed E-state index contributed by atoms with van der Waals surface area (Å²) in [4.78, 5) is 18.5. The van der Waals surface area contributed by atoms with E-state index < -0.39 is 0 Å². The minimum Gasteiger partial charge on any atom is -0.268 e. The molecule has 110 valence electrons. The Bertz CT molecular complexity index is 722. The van der Waals surface area contributed by atoms with Crippen molar-refractivity contribution < 1.29 is 0 Å². The Morgan fingerprint density at radius 2 is 2.10 bits per heavy atom. The van der Waals surface area contributed by atoms with Crippen LogP contribution in [0.5, 0.6) is 0 Å². The molecule has 0 spiro atoms. The number of fused-ring (bicyclic) bond motifs is 1. The van der Waals surface area contributed by atoms with E-state index in [9.17, 15) is 4.79 Å². The summed E-state index contributed by atoms with van der Waals surface area (Å²) in [5.74, 6) is 0.903. The van der Waals surface area contributed by atoms with Gasteiger partial charge in [-0.15, -0.1) is 11.8 Å². The van der Waals surface area contributed by atoms with Crippen molar-refractivity contribution in [3.8, 4) is 5.69 Å². The van der Waals surface area contributed by atoms with Gasteiger partial charge < -0.3 is 0 Å².